The quantitative estimate of drug-likeness (QED) is 0.255. The molecule has 0 radical (unpaired) electrons. The minimum atomic E-state index is -0.805. The summed E-state index contributed by atoms with van der Waals surface area (Å²) in [5, 5.41) is 2.23. The zero-order valence-corrected chi connectivity index (χ0v) is 22.7. The van der Waals surface area contributed by atoms with Gasteiger partial charge in [-0.3, -0.25) is 14.9 Å². The number of ether oxygens (including phenoxy) is 2. The summed E-state index contributed by atoms with van der Waals surface area (Å²) < 4.78 is 13.2. The molecular formula is C27H22Br2N2O5. The van der Waals surface area contributed by atoms with E-state index in [1.807, 2.05) is 38.1 Å². The topological polar surface area (TPSA) is 84.9 Å². The highest BCUT2D eigenvalue weighted by molar-refractivity contribution is 9.10. The number of nitrogens with one attached hydrogen (secondary N) is 1. The Labute approximate surface area is 225 Å². The smallest absolute Gasteiger partial charge is 0.335 e. The molecule has 4 amide bonds. The third-order valence-corrected chi connectivity index (χ3v) is 6.45. The monoisotopic (exact) mass is 612 g/mol. The van der Waals surface area contributed by atoms with Crippen molar-refractivity contribution in [2.75, 3.05) is 11.5 Å². The first-order valence-corrected chi connectivity index (χ1v) is 12.7. The van der Waals surface area contributed by atoms with Crippen LogP contribution in [-0.2, 0) is 16.2 Å². The van der Waals surface area contributed by atoms with Gasteiger partial charge in [-0.15, -0.1) is 0 Å². The maximum atomic E-state index is 13.2. The van der Waals surface area contributed by atoms with Gasteiger partial charge in [0.2, 0.25) is 0 Å². The Balaban J connectivity index is 1.65. The van der Waals surface area contributed by atoms with Gasteiger partial charge in [0, 0.05) is 4.47 Å². The van der Waals surface area contributed by atoms with E-state index < -0.39 is 17.8 Å². The van der Waals surface area contributed by atoms with Gasteiger partial charge in [0.05, 0.1) is 16.8 Å². The summed E-state index contributed by atoms with van der Waals surface area (Å²) in [6, 6.07) is 17.3. The van der Waals surface area contributed by atoms with Crippen molar-refractivity contribution in [1.82, 2.24) is 5.32 Å². The van der Waals surface area contributed by atoms with Gasteiger partial charge in [0.15, 0.2) is 11.5 Å². The summed E-state index contributed by atoms with van der Waals surface area (Å²) >= 11 is 6.85. The van der Waals surface area contributed by atoms with Crippen LogP contribution in [0.2, 0.25) is 0 Å². The third kappa shape index (κ3) is 5.68. The third-order valence-electron chi connectivity index (χ3n) is 5.33. The summed E-state index contributed by atoms with van der Waals surface area (Å²) in [5.74, 6) is -0.534. The maximum Gasteiger partial charge on any atom is 0.335 e. The lowest BCUT2D eigenvalue weighted by molar-refractivity contribution is -0.122. The van der Waals surface area contributed by atoms with E-state index >= 15 is 0 Å². The van der Waals surface area contributed by atoms with Gasteiger partial charge in [0.1, 0.15) is 12.2 Å². The maximum absolute atomic E-state index is 13.2. The number of carbonyl (C=O) groups is 3. The fourth-order valence-electron chi connectivity index (χ4n) is 3.56. The molecule has 0 aromatic heterocycles. The Morgan fingerprint density at radius 2 is 1.64 bits per heavy atom. The predicted molar refractivity (Wildman–Crippen MR) is 144 cm³/mol. The highest BCUT2D eigenvalue weighted by Crippen LogP contribution is 2.38. The lowest BCUT2D eigenvalue weighted by Gasteiger charge is -2.26. The summed E-state index contributed by atoms with van der Waals surface area (Å²) in [7, 11) is 0. The van der Waals surface area contributed by atoms with Crippen LogP contribution in [0.5, 0.6) is 11.5 Å². The molecule has 0 unspecified atom stereocenters. The Morgan fingerprint density at radius 1 is 0.944 bits per heavy atom. The second kappa shape index (κ2) is 11.1. The molecule has 0 aliphatic carbocycles. The normalized spacial score (nSPS) is 14.7. The van der Waals surface area contributed by atoms with E-state index in [0.29, 0.717) is 40.4 Å². The van der Waals surface area contributed by atoms with Crippen molar-refractivity contribution in [3.8, 4) is 11.5 Å². The molecule has 1 saturated heterocycles. The standard InChI is InChI=1S/C27H22Br2N2O5/c1-3-35-23-14-18(13-22(29)24(23)36-15-17-6-4-16(2)5-7-17)12-21-25(32)30-27(34)31(26(21)33)20-10-8-19(28)9-11-20/h4-14H,3,15H2,1-2H3,(H,30,32,34)/b21-12+. The van der Waals surface area contributed by atoms with Gasteiger partial charge in [-0.1, -0.05) is 45.8 Å². The van der Waals surface area contributed by atoms with Gasteiger partial charge in [-0.05, 0) is 83.4 Å². The highest BCUT2D eigenvalue weighted by atomic mass is 79.9. The van der Waals surface area contributed by atoms with Crippen molar-refractivity contribution in [2.45, 2.75) is 20.5 Å². The lowest BCUT2D eigenvalue weighted by Crippen LogP contribution is -2.54. The number of benzene rings is 3. The predicted octanol–water partition coefficient (Wildman–Crippen LogP) is 6.16. The van der Waals surface area contributed by atoms with E-state index in [4.69, 9.17) is 9.47 Å². The lowest BCUT2D eigenvalue weighted by atomic mass is 10.1. The molecule has 1 N–H and O–H groups in total. The van der Waals surface area contributed by atoms with Crippen LogP contribution in [-0.4, -0.2) is 24.5 Å². The number of imide groups is 2. The van der Waals surface area contributed by atoms with Crippen LogP contribution in [0.1, 0.15) is 23.6 Å². The fraction of sp³-hybridized carbons (Fsp3) is 0.148. The first-order chi connectivity index (χ1) is 17.3. The van der Waals surface area contributed by atoms with Crippen molar-refractivity contribution in [3.05, 3.63) is 91.9 Å². The zero-order valence-electron chi connectivity index (χ0n) is 19.5. The molecule has 0 bridgehead atoms. The minimum absolute atomic E-state index is 0.180. The summed E-state index contributed by atoms with van der Waals surface area (Å²) in [6.45, 7) is 4.60. The molecule has 3 aromatic carbocycles. The van der Waals surface area contributed by atoms with Crippen molar-refractivity contribution in [2.24, 2.45) is 0 Å². The second-order valence-corrected chi connectivity index (χ2v) is 9.74. The number of aryl methyl sites for hydroxylation is 1. The number of amides is 4. The van der Waals surface area contributed by atoms with Gasteiger partial charge in [-0.2, -0.15) is 0 Å². The highest BCUT2D eigenvalue weighted by Gasteiger charge is 2.36. The van der Waals surface area contributed by atoms with Gasteiger partial charge in [0.25, 0.3) is 11.8 Å². The Kier molecular flexibility index (Phi) is 7.91. The number of barbiturate groups is 1. The van der Waals surface area contributed by atoms with E-state index in [9.17, 15) is 14.4 Å². The van der Waals surface area contributed by atoms with Crippen molar-refractivity contribution >= 4 is 61.5 Å². The first-order valence-electron chi connectivity index (χ1n) is 11.1. The second-order valence-electron chi connectivity index (χ2n) is 7.97. The van der Waals surface area contributed by atoms with Crippen LogP contribution in [0.3, 0.4) is 0 Å². The number of hydrogen-bond donors (Lipinski definition) is 1. The summed E-state index contributed by atoms with van der Waals surface area (Å²) in [5.41, 5.74) is 2.85. The van der Waals surface area contributed by atoms with E-state index in [0.717, 1.165) is 20.5 Å². The molecule has 0 saturated carbocycles. The first kappa shape index (κ1) is 25.7. The van der Waals surface area contributed by atoms with E-state index in [1.54, 1.807) is 36.4 Å². The SMILES string of the molecule is CCOc1cc(/C=C2\C(=O)NC(=O)N(c3ccc(Br)cc3)C2=O)cc(Br)c1OCc1ccc(C)cc1. The number of urea groups is 1. The van der Waals surface area contributed by atoms with Crippen LogP contribution >= 0.6 is 31.9 Å². The fourth-order valence-corrected chi connectivity index (χ4v) is 4.40. The van der Waals surface area contributed by atoms with Crippen molar-refractivity contribution < 1.29 is 23.9 Å². The molecular weight excluding hydrogens is 592 g/mol. The number of halogens is 2. The van der Waals surface area contributed by atoms with Gasteiger partial charge in [-0.25, -0.2) is 9.69 Å². The molecule has 0 spiro atoms. The van der Waals surface area contributed by atoms with Crippen LogP contribution in [0.15, 0.2) is 75.2 Å². The Morgan fingerprint density at radius 3 is 2.31 bits per heavy atom. The largest absolute Gasteiger partial charge is 0.490 e. The molecule has 4 rings (SSSR count). The molecule has 0 atom stereocenters. The molecule has 7 nitrogen and oxygen atoms in total. The minimum Gasteiger partial charge on any atom is -0.490 e. The van der Waals surface area contributed by atoms with Gasteiger partial charge < -0.3 is 9.47 Å². The van der Waals surface area contributed by atoms with Crippen LogP contribution in [0.4, 0.5) is 10.5 Å². The Hall–Kier alpha value is -3.43. The van der Waals surface area contributed by atoms with Crippen LogP contribution in [0, 0.1) is 6.92 Å². The average molecular weight is 614 g/mol. The van der Waals surface area contributed by atoms with E-state index in [-0.39, 0.29) is 5.57 Å². The van der Waals surface area contributed by atoms with Crippen LogP contribution in [0.25, 0.3) is 6.08 Å². The van der Waals surface area contributed by atoms with Crippen molar-refractivity contribution in [3.63, 3.8) is 0 Å². The number of rotatable bonds is 7. The molecule has 1 aliphatic heterocycles. The average Bonchev–Trinajstić information content (AvgIpc) is 2.83. The molecule has 1 heterocycles. The van der Waals surface area contributed by atoms with E-state index in [2.05, 4.69) is 37.2 Å². The molecule has 3 aromatic rings. The molecule has 184 valence electrons. The Bertz CT molecular complexity index is 1350. The molecule has 36 heavy (non-hydrogen) atoms. The number of nitrogens with zero attached hydrogens (tertiary/aromatic N) is 1. The molecule has 9 heteroatoms. The zero-order chi connectivity index (χ0) is 25.8. The summed E-state index contributed by atoms with van der Waals surface area (Å²) in [4.78, 5) is 39.1. The van der Waals surface area contributed by atoms with Crippen molar-refractivity contribution in [1.29, 1.82) is 0 Å². The molecule has 1 fully saturated rings. The van der Waals surface area contributed by atoms with Gasteiger partial charge >= 0.3 is 6.03 Å². The number of anilines is 1. The van der Waals surface area contributed by atoms with E-state index in [1.165, 1.54) is 6.08 Å². The summed E-state index contributed by atoms with van der Waals surface area (Å²) in [6.07, 6.45) is 1.42. The number of carbonyl (C=O) groups excluding carboxylic acids is 3. The van der Waals surface area contributed by atoms with Crippen LogP contribution < -0.4 is 19.7 Å². The molecule has 1 aliphatic rings. The number of hydrogen-bond acceptors (Lipinski definition) is 5.